The number of hydrogen-bond donors (Lipinski definition) is 1. The van der Waals surface area contributed by atoms with E-state index in [0.29, 0.717) is 18.3 Å². The molecule has 0 bridgehead atoms. The molecule has 1 atom stereocenters. The molecule has 5 heteroatoms. The minimum atomic E-state index is -0.280. The minimum absolute atomic E-state index is 0.280. The van der Waals surface area contributed by atoms with Gasteiger partial charge in [0.15, 0.2) is 0 Å². The highest BCUT2D eigenvalue weighted by Gasteiger charge is 2.22. The lowest BCUT2D eigenvalue weighted by Crippen LogP contribution is -2.16. The van der Waals surface area contributed by atoms with Crippen LogP contribution in [0.3, 0.4) is 0 Å². The molecule has 0 spiro atoms. The average Bonchev–Trinajstić information content (AvgIpc) is 3.19. The molecule has 3 rings (SSSR count). The van der Waals surface area contributed by atoms with E-state index >= 15 is 0 Å². The van der Waals surface area contributed by atoms with Gasteiger partial charge in [0.05, 0.1) is 6.54 Å². The number of aromatic nitrogens is 2. The van der Waals surface area contributed by atoms with Crippen LogP contribution in [0.5, 0.6) is 0 Å². The SMILES string of the molecule is COC(c1ccccc1)c1noc(CNCC2CC2)n1. The van der Waals surface area contributed by atoms with Crippen LogP contribution in [-0.2, 0) is 11.3 Å². The van der Waals surface area contributed by atoms with Crippen LogP contribution in [0, 0.1) is 5.92 Å². The van der Waals surface area contributed by atoms with E-state index in [1.165, 1.54) is 12.8 Å². The van der Waals surface area contributed by atoms with Gasteiger partial charge < -0.3 is 14.6 Å². The van der Waals surface area contributed by atoms with Crippen molar-refractivity contribution in [3.8, 4) is 0 Å². The first kappa shape index (κ1) is 13.3. The monoisotopic (exact) mass is 273 g/mol. The summed E-state index contributed by atoms with van der Waals surface area (Å²) < 4.78 is 10.8. The Hall–Kier alpha value is -1.72. The molecule has 1 unspecified atom stereocenters. The number of nitrogens with one attached hydrogen (secondary N) is 1. The molecule has 0 radical (unpaired) electrons. The van der Waals surface area contributed by atoms with E-state index in [1.807, 2.05) is 30.3 Å². The van der Waals surface area contributed by atoms with Crippen LogP contribution in [0.2, 0.25) is 0 Å². The Morgan fingerprint density at radius 1 is 1.35 bits per heavy atom. The molecule has 1 N–H and O–H groups in total. The van der Waals surface area contributed by atoms with Gasteiger partial charge in [-0.3, -0.25) is 0 Å². The third-order valence-electron chi connectivity index (χ3n) is 3.46. The molecule has 1 aliphatic rings. The van der Waals surface area contributed by atoms with Crippen LogP contribution in [0.25, 0.3) is 0 Å². The van der Waals surface area contributed by atoms with Gasteiger partial charge in [0.2, 0.25) is 11.7 Å². The van der Waals surface area contributed by atoms with Crippen molar-refractivity contribution in [1.82, 2.24) is 15.5 Å². The predicted octanol–water partition coefficient (Wildman–Crippen LogP) is 2.31. The number of benzene rings is 1. The fraction of sp³-hybridized carbons (Fsp3) is 0.467. The van der Waals surface area contributed by atoms with Gasteiger partial charge in [0.1, 0.15) is 6.10 Å². The first-order valence-electron chi connectivity index (χ1n) is 6.97. The molecule has 5 nitrogen and oxygen atoms in total. The zero-order chi connectivity index (χ0) is 13.8. The molecule has 1 heterocycles. The van der Waals surface area contributed by atoms with Gasteiger partial charge in [-0.25, -0.2) is 0 Å². The molecule has 1 saturated carbocycles. The van der Waals surface area contributed by atoms with Crippen molar-refractivity contribution >= 4 is 0 Å². The summed E-state index contributed by atoms with van der Waals surface area (Å²) in [4.78, 5) is 4.41. The number of nitrogens with zero attached hydrogens (tertiary/aromatic N) is 2. The van der Waals surface area contributed by atoms with Crippen molar-refractivity contribution in [2.75, 3.05) is 13.7 Å². The van der Waals surface area contributed by atoms with Gasteiger partial charge in [0.25, 0.3) is 0 Å². The molecule has 0 aliphatic heterocycles. The Kier molecular flexibility index (Phi) is 4.08. The van der Waals surface area contributed by atoms with E-state index in [0.717, 1.165) is 18.0 Å². The minimum Gasteiger partial charge on any atom is -0.369 e. The summed E-state index contributed by atoms with van der Waals surface area (Å²) in [5, 5.41) is 7.36. The summed E-state index contributed by atoms with van der Waals surface area (Å²) in [6.45, 7) is 1.65. The maximum atomic E-state index is 5.48. The smallest absolute Gasteiger partial charge is 0.240 e. The van der Waals surface area contributed by atoms with Crippen molar-refractivity contribution < 1.29 is 9.26 Å². The van der Waals surface area contributed by atoms with Crippen LogP contribution >= 0.6 is 0 Å². The van der Waals surface area contributed by atoms with Crippen molar-refractivity contribution in [2.24, 2.45) is 5.92 Å². The van der Waals surface area contributed by atoms with Crippen molar-refractivity contribution in [1.29, 1.82) is 0 Å². The normalized spacial score (nSPS) is 16.2. The molecule has 1 aromatic heterocycles. The molecule has 106 valence electrons. The average molecular weight is 273 g/mol. The largest absolute Gasteiger partial charge is 0.369 e. The topological polar surface area (TPSA) is 60.2 Å². The molecule has 1 aromatic carbocycles. The van der Waals surface area contributed by atoms with Gasteiger partial charge in [-0.15, -0.1) is 0 Å². The van der Waals surface area contributed by atoms with E-state index in [-0.39, 0.29) is 6.10 Å². The van der Waals surface area contributed by atoms with E-state index < -0.39 is 0 Å². The molecule has 2 aromatic rings. The van der Waals surface area contributed by atoms with E-state index in [2.05, 4.69) is 15.5 Å². The second-order valence-electron chi connectivity index (χ2n) is 5.15. The lowest BCUT2D eigenvalue weighted by Gasteiger charge is -2.10. The van der Waals surface area contributed by atoms with Crippen LogP contribution < -0.4 is 5.32 Å². The summed E-state index contributed by atoms with van der Waals surface area (Å²) in [7, 11) is 1.65. The highest BCUT2D eigenvalue weighted by Crippen LogP contribution is 2.27. The molecule has 0 amide bonds. The van der Waals surface area contributed by atoms with Gasteiger partial charge in [-0.2, -0.15) is 4.98 Å². The standard InChI is InChI=1S/C15H19N3O2/c1-19-14(12-5-3-2-4-6-12)15-17-13(20-18-15)10-16-9-11-7-8-11/h2-6,11,14,16H,7-10H2,1H3. The van der Waals surface area contributed by atoms with Gasteiger partial charge in [0, 0.05) is 7.11 Å². The molecular weight excluding hydrogens is 254 g/mol. The zero-order valence-corrected chi connectivity index (χ0v) is 11.6. The van der Waals surface area contributed by atoms with Crippen molar-refractivity contribution in [3.05, 3.63) is 47.6 Å². The fourth-order valence-electron chi connectivity index (χ4n) is 2.17. The second kappa shape index (κ2) is 6.15. The highest BCUT2D eigenvalue weighted by atomic mass is 16.5. The zero-order valence-electron chi connectivity index (χ0n) is 11.6. The third kappa shape index (κ3) is 3.23. The summed E-state index contributed by atoms with van der Waals surface area (Å²) in [6.07, 6.45) is 2.39. The summed E-state index contributed by atoms with van der Waals surface area (Å²) in [5.41, 5.74) is 1.02. The number of rotatable bonds is 7. The van der Waals surface area contributed by atoms with Crippen molar-refractivity contribution in [2.45, 2.75) is 25.5 Å². The Morgan fingerprint density at radius 2 is 2.15 bits per heavy atom. The first-order chi connectivity index (χ1) is 9.86. The fourth-order valence-corrected chi connectivity index (χ4v) is 2.17. The number of ether oxygens (including phenoxy) is 1. The van der Waals surface area contributed by atoms with E-state index in [4.69, 9.17) is 9.26 Å². The van der Waals surface area contributed by atoms with Crippen LogP contribution in [0.4, 0.5) is 0 Å². The van der Waals surface area contributed by atoms with Gasteiger partial charge in [-0.05, 0) is 30.9 Å². The van der Waals surface area contributed by atoms with Gasteiger partial charge in [-0.1, -0.05) is 35.5 Å². The maximum Gasteiger partial charge on any atom is 0.240 e. The van der Waals surface area contributed by atoms with Crippen molar-refractivity contribution in [3.63, 3.8) is 0 Å². The predicted molar refractivity (Wildman–Crippen MR) is 74.0 cm³/mol. The lowest BCUT2D eigenvalue weighted by molar-refractivity contribution is 0.126. The van der Waals surface area contributed by atoms with E-state index in [9.17, 15) is 0 Å². The second-order valence-corrected chi connectivity index (χ2v) is 5.15. The number of methoxy groups -OCH3 is 1. The molecule has 1 aliphatic carbocycles. The Morgan fingerprint density at radius 3 is 2.85 bits per heavy atom. The van der Waals surface area contributed by atoms with Gasteiger partial charge >= 0.3 is 0 Å². The quantitative estimate of drug-likeness (QED) is 0.838. The maximum absolute atomic E-state index is 5.48. The summed E-state index contributed by atoms with van der Waals surface area (Å²) in [6, 6.07) is 9.91. The Bertz CT molecular complexity index is 537. The molecule has 20 heavy (non-hydrogen) atoms. The van der Waals surface area contributed by atoms with E-state index in [1.54, 1.807) is 7.11 Å². The Labute approximate surface area is 118 Å². The summed E-state index contributed by atoms with van der Waals surface area (Å²) in [5.74, 6) is 2.02. The van der Waals surface area contributed by atoms with Crippen LogP contribution in [0.1, 0.15) is 36.2 Å². The molecule has 1 fully saturated rings. The molecule has 0 saturated heterocycles. The van der Waals surface area contributed by atoms with Crippen LogP contribution in [0.15, 0.2) is 34.9 Å². The third-order valence-corrected chi connectivity index (χ3v) is 3.46. The highest BCUT2D eigenvalue weighted by molar-refractivity contribution is 5.22. The number of hydrogen-bond acceptors (Lipinski definition) is 5. The summed E-state index contributed by atoms with van der Waals surface area (Å²) >= 11 is 0. The lowest BCUT2D eigenvalue weighted by atomic mass is 10.1. The van der Waals surface area contributed by atoms with Crippen LogP contribution in [-0.4, -0.2) is 23.8 Å². The Balaban J connectivity index is 1.64. The molecular formula is C15H19N3O2. The first-order valence-corrected chi connectivity index (χ1v) is 6.97.